The predicted octanol–water partition coefficient (Wildman–Crippen LogP) is 3.68. The normalized spacial score (nSPS) is 14.0. The number of fused-ring (bicyclic) bond motifs is 1. The van der Waals surface area contributed by atoms with Gasteiger partial charge in [0, 0.05) is 43.9 Å². The van der Waals surface area contributed by atoms with E-state index >= 15 is 0 Å². The summed E-state index contributed by atoms with van der Waals surface area (Å²) in [5.41, 5.74) is 2.32. The molecule has 8 nitrogen and oxygen atoms in total. The van der Waals surface area contributed by atoms with E-state index in [0.29, 0.717) is 37.5 Å². The van der Waals surface area contributed by atoms with Gasteiger partial charge in [-0.1, -0.05) is 35.5 Å². The molecule has 1 aliphatic heterocycles. The third-order valence-electron chi connectivity index (χ3n) is 5.66. The molecular formula is C24H24N6O2. The van der Waals surface area contributed by atoms with Gasteiger partial charge in [0.05, 0.1) is 5.39 Å². The van der Waals surface area contributed by atoms with Gasteiger partial charge < -0.3 is 19.6 Å². The van der Waals surface area contributed by atoms with Crippen molar-refractivity contribution in [2.75, 3.05) is 42.9 Å². The quantitative estimate of drug-likeness (QED) is 0.519. The molecule has 2 aromatic heterocycles. The van der Waals surface area contributed by atoms with Gasteiger partial charge >= 0.3 is 0 Å². The lowest BCUT2D eigenvalue weighted by molar-refractivity contribution is 0.0746. The van der Waals surface area contributed by atoms with Crippen molar-refractivity contribution in [3.8, 4) is 11.3 Å². The Kier molecular flexibility index (Phi) is 5.41. The fourth-order valence-corrected chi connectivity index (χ4v) is 3.96. The molecule has 162 valence electrons. The summed E-state index contributed by atoms with van der Waals surface area (Å²) in [6.07, 6.45) is 0. The molecular weight excluding hydrogens is 404 g/mol. The Hall–Kier alpha value is -3.94. The van der Waals surface area contributed by atoms with Gasteiger partial charge in [-0.3, -0.25) is 4.79 Å². The van der Waals surface area contributed by atoms with Crippen molar-refractivity contribution in [1.82, 2.24) is 20.3 Å². The topological polar surface area (TPSA) is 87.4 Å². The number of carbonyl (C=O) groups is 1. The van der Waals surface area contributed by atoms with Gasteiger partial charge in [-0.25, -0.2) is 0 Å². The molecule has 0 spiro atoms. The first-order valence-corrected chi connectivity index (χ1v) is 10.8. The second-order valence-electron chi connectivity index (χ2n) is 7.70. The summed E-state index contributed by atoms with van der Waals surface area (Å²) < 4.78 is 5.57. The number of nitrogens with zero attached hydrogens (tertiary/aromatic N) is 5. The number of anilines is 2. The molecule has 1 aliphatic rings. The van der Waals surface area contributed by atoms with E-state index in [9.17, 15) is 4.79 Å². The number of amides is 1. The van der Waals surface area contributed by atoms with Gasteiger partial charge in [0.1, 0.15) is 11.3 Å². The highest BCUT2D eigenvalue weighted by atomic mass is 16.5. The van der Waals surface area contributed by atoms with Crippen LogP contribution in [0, 0.1) is 0 Å². The minimum atomic E-state index is 0.0142. The zero-order chi connectivity index (χ0) is 21.9. The van der Waals surface area contributed by atoms with Gasteiger partial charge in [0.2, 0.25) is 0 Å². The highest BCUT2D eigenvalue weighted by Gasteiger charge is 2.24. The van der Waals surface area contributed by atoms with E-state index in [1.165, 1.54) is 0 Å². The van der Waals surface area contributed by atoms with Crippen molar-refractivity contribution >= 4 is 28.4 Å². The summed E-state index contributed by atoms with van der Waals surface area (Å²) in [6, 6.07) is 19.3. The molecule has 8 heteroatoms. The summed E-state index contributed by atoms with van der Waals surface area (Å²) in [5, 5.41) is 16.6. The number of hydrogen-bond acceptors (Lipinski definition) is 7. The minimum Gasteiger partial charge on any atom is -0.369 e. The van der Waals surface area contributed by atoms with Gasteiger partial charge in [0.15, 0.2) is 11.6 Å². The standard InChI is InChI=1S/C24H24N6O2/c1-2-25-21-10-11-22(27-26-21)29-12-14-30(15-13-29)24(31)18-8-9-20-19(16-18)23(32-28-20)17-6-4-3-5-7-17/h3-11,16H,2,12-15H2,1H3,(H,25,26). The van der Waals surface area contributed by atoms with E-state index in [2.05, 4.69) is 25.6 Å². The average molecular weight is 428 g/mol. The summed E-state index contributed by atoms with van der Waals surface area (Å²) in [6.45, 7) is 5.51. The average Bonchev–Trinajstić information content (AvgIpc) is 3.28. The Bertz CT molecular complexity index is 1210. The molecule has 2 aromatic carbocycles. The van der Waals surface area contributed by atoms with Crippen LogP contribution in [-0.4, -0.2) is 58.9 Å². The van der Waals surface area contributed by atoms with Gasteiger partial charge in [0.25, 0.3) is 5.91 Å². The van der Waals surface area contributed by atoms with E-state index in [0.717, 1.165) is 34.6 Å². The molecule has 32 heavy (non-hydrogen) atoms. The third kappa shape index (κ3) is 3.87. The first kappa shape index (κ1) is 20.0. The largest absolute Gasteiger partial charge is 0.369 e. The molecule has 0 atom stereocenters. The molecule has 1 amide bonds. The second-order valence-corrected chi connectivity index (χ2v) is 7.70. The summed E-state index contributed by atoms with van der Waals surface area (Å²) in [7, 11) is 0. The lowest BCUT2D eigenvalue weighted by Crippen LogP contribution is -2.49. The molecule has 0 radical (unpaired) electrons. The van der Waals surface area contributed by atoms with Gasteiger partial charge in [-0.15, -0.1) is 10.2 Å². The van der Waals surface area contributed by atoms with Crippen molar-refractivity contribution in [2.24, 2.45) is 0 Å². The van der Waals surface area contributed by atoms with Crippen LogP contribution >= 0.6 is 0 Å². The first-order valence-electron chi connectivity index (χ1n) is 10.8. The predicted molar refractivity (Wildman–Crippen MR) is 124 cm³/mol. The molecule has 1 saturated heterocycles. The van der Waals surface area contributed by atoms with Crippen LogP contribution in [0.3, 0.4) is 0 Å². The Morgan fingerprint density at radius 1 is 1.00 bits per heavy atom. The molecule has 5 rings (SSSR count). The van der Waals surface area contributed by atoms with Crippen molar-refractivity contribution in [3.05, 3.63) is 66.2 Å². The molecule has 0 bridgehead atoms. The molecule has 4 aromatic rings. The Labute approximate surface area is 185 Å². The van der Waals surface area contributed by atoms with Crippen LogP contribution in [0.5, 0.6) is 0 Å². The molecule has 0 unspecified atom stereocenters. The molecule has 0 saturated carbocycles. The van der Waals surface area contributed by atoms with Crippen LogP contribution in [0.2, 0.25) is 0 Å². The minimum absolute atomic E-state index is 0.0142. The Morgan fingerprint density at radius 2 is 1.81 bits per heavy atom. The van der Waals surface area contributed by atoms with Crippen molar-refractivity contribution < 1.29 is 9.32 Å². The maximum absolute atomic E-state index is 13.2. The van der Waals surface area contributed by atoms with Crippen molar-refractivity contribution in [1.29, 1.82) is 0 Å². The summed E-state index contributed by atoms with van der Waals surface area (Å²) in [4.78, 5) is 17.2. The maximum Gasteiger partial charge on any atom is 0.254 e. The number of piperazine rings is 1. The van der Waals surface area contributed by atoms with E-state index in [-0.39, 0.29) is 5.91 Å². The number of nitrogens with one attached hydrogen (secondary N) is 1. The maximum atomic E-state index is 13.2. The lowest BCUT2D eigenvalue weighted by Gasteiger charge is -2.35. The monoisotopic (exact) mass is 428 g/mol. The Balaban J connectivity index is 1.30. The third-order valence-corrected chi connectivity index (χ3v) is 5.66. The van der Waals surface area contributed by atoms with Crippen LogP contribution in [0.1, 0.15) is 17.3 Å². The number of aromatic nitrogens is 3. The first-order chi connectivity index (χ1) is 15.7. The fourth-order valence-electron chi connectivity index (χ4n) is 3.96. The molecule has 1 fully saturated rings. The zero-order valence-corrected chi connectivity index (χ0v) is 17.9. The number of hydrogen-bond donors (Lipinski definition) is 1. The number of benzene rings is 2. The van der Waals surface area contributed by atoms with Crippen LogP contribution in [0.25, 0.3) is 22.2 Å². The summed E-state index contributed by atoms with van der Waals surface area (Å²) >= 11 is 0. The van der Waals surface area contributed by atoms with Crippen LogP contribution in [0.4, 0.5) is 11.6 Å². The van der Waals surface area contributed by atoms with Crippen LogP contribution in [-0.2, 0) is 0 Å². The fraction of sp³-hybridized carbons (Fsp3) is 0.250. The summed E-state index contributed by atoms with van der Waals surface area (Å²) in [5.74, 6) is 2.29. The lowest BCUT2D eigenvalue weighted by atomic mass is 10.1. The van der Waals surface area contributed by atoms with Crippen molar-refractivity contribution in [2.45, 2.75) is 6.92 Å². The zero-order valence-electron chi connectivity index (χ0n) is 17.9. The van der Waals surface area contributed by atoms with Gasteiger partial charge in [-0.05, 0) is 37.3 Å². The number of rotatable bonds is 5. The van der Waals surface area contributed by atoms with E-state index in [1.54, 1.807) is 0 Å². The molecule has 1 N–H and O–H groups in total. The SMILES string of the molecule is CCNc1ccc(N2CCN(C(=O)c3ccc4noc(-c5ccccc5)c4c3)CC2)nn1. The van der Waals surface area contributed by atoms with Gasteiger partial charge in [-0.2, -0.15) is 0 Å². The smallest absolute Gasteiger partial charge is 0.254 e. The van der Waals surface area contributed by atoms with E-state index < -0.39 is 0 Å². The molecule has 0 aliphatic carbocycles. The number of carbonyl (C=O) groups excluding carboxylic acids is 1. The van der Waals surface area contributed by atoms with E-state index in [4.69, 9.17) is 4.52 Å². The van der Waals surface area contributed by atoms with Crippen LogP contribution in [0.15, 0.2) is 65.2 Å². The van der Waals surface area contributed by atoms with Crippen LogP contribution < -0.4 is 10.2 Å². The van der Waals surface area contributed by atoms with E-state index in [1.807, 2.05) is 72.5 Å². The molecule has 3 heterocycles. The highest BCUT2D eigenvalue weighted by Crippen LogP contribution is 2.29. The second kappa shape index (κ2) is 8.66. The Morgan fingerprint density at radius 3 is 2.53 bits per heavy atom. The highest BCUT2D eigenvalue weighted by molar-refractivity contribution is 6.01. The van der Waals surface area contributed by atoms with Crippen molar-refractivity contribution in [3.63, 3.8) is 0 Å².